The first-order valence-electron chi connectivity index (χ1n) is 7.62. The minimum absolute atomic E-state index is 0.0615. The van der Waals surface area contributed by atoms with Crippen molar-refractivity contribution in [2.24, 2.45) is 0 Å². The standard InChI is InChI=1S/C19H18N2O2S/c1-23-17-8-6-16(7-9-17)21(14-15-4-2-10-20-13-15)19(22)12-18-5-3-11-24-18/h2-11,13H,12,14H2,1H3. The summed E-state index contributed by atoms with van der Waals surface area (Å²) in [5.41, 5.74) is 1.84. The number of nitrogens with zero attached hydrogens (tertiary/aromatic N) is 2. The Morgan fingerprint density at radius 1 is 1.17 bits per heavy atom. The smallest absolute Gasteiger partial charge is 0.232 e. The minimum Gasteiger partial charge on any atom is -0.497 e. The second-order valence-electron chi connectivity index (χ2n) is 5.30. The van der Waals surface area contributed by atoms with Crippen LogP contribution in [0, 0.1) is 0 Å². The van der Waals surface area contributed by atoms with Crippen LogP contribution in [0.1, 0.15) is 10.4 Å². The zero-order chi connectivity index (χ0) is 16.8. The van der Waals surface area contributed by atoms with Gasteiger partial charge in [-0.2, -0.15) is 0 Å². The Morgan fingerprint density at radius 2 is 2.00 bits per heavy atom. The van der Waals surface area contributed by atoms with Crippen molar-refractivity contribution in [3.8, 4) is 5.75 Å². The molecule has 2 aromatic heterocycles. The molecule has 3 aromatic rings. The van der Waals surface area contributed by atoms with Crippen LogP contribution in [-0.4, -0.2) is 18.0 Å². The van der Waals surface area contributed by atoms with Crippen molar-refractivity contribution in [2.75, 3.05) is 12.0 Å². The molecule has 0 aliphatic rings. The van der Waals surface area contributed by atoms with Crippen LogP contribution >= 0.6 is 11.3 Å². The summed E-state index contributed by atoms with van der Waals surface area (Å²) in [6.07, 6.45) is 3.91. The second kappa shape index (κ2) is 7.75. The van der Waals surface area contributed by atoms with Crippen LogP contribution in [0.4, 0.5) is 5.69 Å². The minimum atomic E-state index is 0.0615. The van der Waals surface area contributed by atoms with E-state index in [1.807, 2.05) is 53.9 Å². The van der Waals surface area contributed by atoms with Gasteiger partial charge in [0, 0.05) is 23.0 Å². The fourth-order valence-corrected chi connectivity index (χ4v) is 3.11. The van der Waals surface area contributed by atoms with Crippen LogP contribution in [0.5, 0.6) is 5.75 Å². The number of carbonyl (C=O) groups excluding carboxylic acids is 1. The molecule has 2 heterocycles. The van der Waals surface area contributed by atoms with E-state index in [-0.39, 0.29) is 5.91 Å². The van der Waals surface area contributed by atoms with E-state index in [0.29, 0.717) is 13.0 Å². The summed E-state index contributed by atoms with van der Waals surface area (Å²) in [5, 5.41) is 1.99. The average molecular weight is 338 g/mol. The molecule has 0 fully saturated rings. The van der Waals surface area contributed by atoms with Gasteiger partial charge in [0.1, 0.15) is 5.75 Å². The number of aromatic nitrogens is 1. The molecule has 0 saturated carbocycles. The molecule has 24 heavy (non-hydrogen) atoms. The molecule has 0 radical (unpaired) electrons. The number of rotatable bonds is 6. The lowest BCUT2D eigenvalue weighted by Gasteiger charge is -2.23. The first kappa shape index (κ1) is 16.2. The molecule has 4 nitrogen and oxygen atoms in total. The van der Waals surface area contributed by atoms with Gasteiger partial charge in [0.05, 0.1) is 20.1 Å². The topological polar surface area (TPSA) is 42.4 Å². The Balaban J connectivity index is 1.85. The van der Waals surface area contributed by atoms with Gasteiger partial charge >= 0.3 is 0 Å². The van der Waals surface area contributed by atoms with Crippen molar-refractivity contribution < 1.29 is 9.53 Å². The van der Waals surface area contributed by atoms with Gasteiger partial charge < -0.3 is 9.64 Å². The maximum absolute atomic E-state index is 12.9. The first-order chi connectivity index (χ1) is 11.8. The van der Waals surface area contributed by atoms with Gasteiger partial charge in [-0.25, -0.2) is 0 Å². The highest BCUT2D eigenvalue weighted by molar-refractivity contribution is 7.10. The van der Waals surface area contributed by atoms with E-state index in [1.165, 1.54) is 0 Å². The van der Waals surface area contributed by atoms with Gasteiger partial charge in [-0.3, -0.25) is 9.78 Å². The lowest BCUT2D eigenvalue weighted by Crippen LogP contribution is -2.31. The Morgan fingerprint density at radius 3 is 2.62 bits per heavy atom. The molecule has 5 heteroatoms. The summed E-state index contributed by atoms with van der Waals surface area (Å²) >= 11 is 1.60. The number of anilines is 1. The molecular weight excluding hydrogens is 320 g/mol. The normalized spacial score (nSPS) is 10.4. The fraction of sp³-hybridized carbons (Fsp3) is 0.158. The number of ether oxygens (including phenoxy) is 1. The molecule has 0 N–H and O–H groups in total. The van der Waals surface area contributed by atoms with Gasteiger partial charge in [0.25, 0.3) is 0 Å². The fourth-order valence-electron chi connectivity index (χ4n) is 2.42. The number of benzene rings is 1. The molecule has 122 valence electrons. The van der Waals surface area contributed by atoms with Crippen molar-refractivity contribution in [1.29, 1.82) is 0 Å². The molecule has 0 spiro atoms. The number of methoxy groups -OCH3 is 1. The summed E-state index contributed by atoms with van der Waals surface area (Å²) in [6, 6.07) is 15.3. The Kier molecular flexibility index (Phi) is 5.23. The van der Waals surface area contributed by atoms with Crippen molar-refractivity contribution in [2.45, 2.75) is 13.0 Å². The maximum atomic E-state index is 12.9. The lowest BCUT2D eigenvalue weighted by molar-refractivity contribution is -0.118. The third-order valence-electron chi connectivity index (χ3n) is 3.65. The molecule has 0 aliphatic carbocycles. The van der Waals surface area contributed by atoms with Crippen molar-refractivity contribution >= 4 is 22.9 Å². The highest BCUT2D eigenvalue weighted by Crippen LogP contribution is 2.23. The first-order valence-corrected chi connectivity index (χ1v) is 8.50. The molecule has 0 bridgehead atoms. The molecule has 0 saturated heterocycles. The summed E-state index contributed by atoms with van der Waals surface area (Å²) in [4.78, 5) is 19.8. The van der Waals surface area contributed by atoms with Crippen molar-refractivity contribution in [3.63, 3.8) is 0 Å². The number of hydrogen-bond acceptors (Lipinski definition) is 4. The van der Waals surface area contributed by atoms with E-state index in [0.717, 1.165) is 21.9 Å². The summed E-state index contributed by atoms with van der Waals surface area (Å²) < 4.78 is 5.20. The predicted octanol–water partition coefficient (Wildman–Crippen LogP) is 3.93. The van der Waals surface area contributed by atoms with Crippen LogP contribution in [0.3, 0.4) is 0 Å². The summed E-state index contributed by atoms with van der Waals surface area (Å²) in [7, 11) is 1.63. The molecular formula is C19H18N2O2S. The molecule has 0 unspecified atom stereocenters. The zero-order valence-corrected chi connectivity index (χ0v) is 14.2. The molecule has 1 aromatic carbocycles. The average Bonchev–Trinajstić information content (AvgIpc) is 3.13. The number of carbonyl (C=O) groups is 1. The second-order valence-corrected chi connectivity index (χ2v) is 6.33. The van der Waals surface area contributed by atoms with Crippen LogP contribution in [0.15, 0.2) is 66.3 Å². The van der Waals surface area contributed by atoms with Gasteiger partial charge in [-0.1, -0.05) is 12.1 Å². The Hall–Kier alpha value is -2.66. The Labute approximate surface area is 145 Å². The van der Waals surface area contributed by atoms with E-state index >= 15 is 0 Å². The zero-order valence-electron chi connectivity index (χ0n) is 13.4. The van der Waals surface area contributed by atoms with E-state index in [2.05, 4.69) is 4.98 Å². The predicted molar refractivity (Wildman–Crippen MR) is 96.4 cm³/mol. The van der Waals surface area contributed by atoms with Crippen molar-refractivity contribution in [1.82, 2.24) is 4.98 Å². The van der Waals surface area contributed by atoms with Crippen molar-refractivity contribution in [3.05, 3.63) is 76.7 Å². The largest absolute Gasteiger partial charge is 0.497 e. The number of hydrogen-bond donors (Lipinski definition) is 0. The quantitative estimate of drug-likeness (QED) is 0.684. The number of amides is 1. The van der Waals surface area contributed by atoms with Crippen LogP contribution in [0.25, 0.3) is 0 Å². The highest BCUT2D eigenvalue weighted by atomic mass is 32.1. The van der Waals surface area contributed by atoms with Gasteiger partial charge in [0.15, 0.2) is 0 Å². The molecule has 0 atom stereocenters. The highest BCUT2D eigenvalue weighted by Gasteiger charge is 2.17. The Bertz CT molecular complexity index is 771. The van der Waals surface area contributed by atoms with Gasteiger partial charge in [-0.15, -0.1) is 11.3 Å². The van der Waals surface area contributed by atoms with E-state index in [4.69, 9.17) is 4.74 Å². The lowest BCUT2D eigenvalue weighted by atomic mass is 10.2. The molecule has 3 rings (SSSR count). The third kappa shape index (κ3) is 4.00. The summed E-state index contributed by atoms with van der Waals surface area (Å²) in [5.74, 6) is 0.831. The molecule has 1 amide bonds. The third-order valence-corrected chi connectivity index (χ3v) is 4.53. The van der Waals surface area contributed by atoms with Gasteiger partial charge in [-0.05, 0) is 47.3 Å². The SMILES string of the molecule is COc1ccc(N(Cc2cccnc2)C(=O)Cc2cccs2)cc1. The molecule has 0 aliphatic heterocycles. The maximum Gasteiger partial charge on any atom is 0.232 e. The van der Waals surface area contributed by atoms with Crippen LogP contribution < -0.4 is 9.64 Å². The summed E-state index contributed by atoms with van der Waals surface area (Å²) in [6.45, 7) is 0.490. The van der Waals surface area contributed by atoms with E-state index in [9.17, 15) is 4.79 Å². The van der Waals surface area contributed by atoms with E-state index < -0.39 is 0 Å². The monoisotopic (exact) mass is 338 g/mol. The van der Waals surface area contributed by atoms with Gasteiger partial charge in [0.2, 0.25) is 5.91 Å². The number of thiophene rings is 1. The number of pyridine rings is 1. The van der Waals surface area contributed by atoms with Crippen LogP contribution in [-0.2, 0) is 17.8 Å². The van der Waals surface area contributed by atoms with Crippen LogP contribution in [0.2, 0.25) is 0 Å². The van der Waals surface area contributed by atoms with E-state index in [1.54, 1.807) is 35.7 Å².